The molecule has 2 heterocycles. The minimum absolute atomic E-state index is 0.0849. The number of hydrogen-bond donors (Lipinski definition) is 1. The average Bonchev–Trinajstić information content (AvgIpc) is 3.41. The summed E-state index contributed by atoms with van der Waals surface area (Å²) in [5.41, 5.74) is 1.52. The number of carbonyl (C=O) groups is 2. The molecule has 1 N–H and O–H groups in total. The largest absolute Gasteiger partial charge is 0.338 e. The highest BCUT2D eigenvalue weighted by Crippen LogP contribution is 2.41. The van der Waals surface area contributed by atoms with E-state index in [1.165, 1.54) is 48.4 Å². The molecular formula is C19H20FN3O2S. The van der Waals surface area contributed by atoms with Crippen LogP contribution in [0.25, 0.3) is 0 Å². The Morgan fingerprint density at radius 1 is 1.19 bits per heavy atom. The highest BCUT2D eigenvalue weighted by molar-refractivity contribution is 7.13. The van der Waals surface area contributed by atoms with E-state index in [4.69, 9.17) is 0 Å². The van der Waals surface area contributed by atoms with Gasteiger partial charge in [-0.15, -0.1) is 11.3 Å². The molecule has 2 aromatic rings. The summed E-state index contributed by atoms with van der Waals surface area (Å²) in [7, 11) is 0. The number of thiazole rings is 1. The third kappa shape index (κ3) is 3.77. The maximum Gasteiger partial charge on any atom is 0.253 e. The van der Waals surface area contributed by atoms with Gasteiger partial charge in [-0.25, -0.2) is 9.37 Å². The predicted octanol–water partition coefficient (Wildman–Crippen LogP) is 3.65. The SMILES string of the molecule is O=C(Nc1nc(C2CC2)cs1)C1CCCN(C(=O)c2ccc(F)cc2)C1. The molecule has 26 heavy (non-hydrogen) atoms. The second-order valence-corrected chi connectivity index (χ2v) is 7.80. The zero-order chi connectivity index (χ0) is 18.1. The first-order valence-electron chi connectivity index (χ1n) is 8.91. The number of benzene rings is 1. The van der Waals surface area contributed by atoms with Gasteiger partial charge in [0.1, 0.15) is 5.82 Å². The van der Waals surface area contributed by atoms with E-state index in [9.17, 15) is 14.0 Å². The fourth-order valence-corrected chi connectivity index (χ4v) is 4.06. The Hall–Kier alpha value is -2.28. The molecule has 2 aliphatic rings. The van der Waals surface area contributed by atoms with Crippen molar-refractivity contribution >= 4 is 28.3 Å². The van der Waals surface area contributed by atoms with Gasteiger partial charge in [0, 0.05) is 30.0 Å². The summed E-state index contributed by atoms with van der Waals surface area (Å²) < 4.78 is 13.0. The first kappa shape index (κ1) is 17.1. The standard InChI is InChI=1S/C19H20FN3O2S/c20-15-7-5-13(6-8-15)18(25)23-9-1-2-14(10-23)17(24)22-19-21-16(11-26-19)12-3-4-12/h5-8,11-12,14H,1-4,9-10H2,(H,21,22,24). The van der Waals surface area contributed by atoms with Crippen molar-refractivity contribution in [1.82, 2.24) is 9.88 Å². The third-order valence-electron chi connectivity index (χ3n) is 4.92. The first-order valence-corrected chi connectivity index (χ1v) is 9.79. The van der Waals surface area contributed by atoms with Gasteiger partial charge in [0.05, 0.1) is 11.6 Å². The minimum Gasteiger partial charge on any atom is -0.338 e. The number of aromatic nitrogens is 1. The maximum atomic E-state index is 13.0. The van der Waals surface area contributed by atoms with E-state index < -0.39 is 0 Å². The molecule has 4 rings (SSSR count). The van der Waals surface area contributed by atoms with Gasteiger partial charge in [0.2, 0.25) is 5.91 Å². The average molecular weight is 373 g/mol. The van der Waals surface area contributed by atoms with Crippen molar-refractivity contribution in [2.45, 2.75) is 31.6 Å². The molecule has 2 amide bonds. The molecule has 0 radical (unpaired) electrons. The number of rotatable bonds is 4. The number of anilines is 1. The minimum atomic E-state index is -0.369. The van der Waals surface area contributed by atoms with E-state index in [1.807, 2.05) is 5.38 Å². The zero-order valence-electron chi connectivity index (χ0n) is 14.3. The number of likely N-dealkylation sites (tertiary alicyclic amines) is 1. The Balaban J connectivity index is 1.38. The zero-order valence-corrected chi connectivity index (χ0v) is 15.1. The molecular weight excluding hydrogens is 353 g/mol. The molecule has 1 saturated carbocycles. The van der Waals surface area contributed by atoms with Gasteiger partial charge in [-0.05, 0) is 49.9 Å². The molecule has 1 aromatic carbocycles. The van der Waals surface area contributed by atoms with Crippen LogP contribution in [0, 0.1) is 11.7 Å². The Morgan fingerprint density at radius 2 is 1.96 bits per heavy atom. The second-order valence-electron chi connectivity index (χ2n) is 6.94. The van der Waals surface area contributed by atoms with E-state index in [1.54, 1.807) is 4.90 Å². The van der Waals surface area contributed by atoms with Crippen molar-refractivity contribution in [2.24, 2.45) is 5.92 Å². The van der Waals surface area contributed by atoms with E-state index in [2.05, 4.69) is 10.3 Å². The smallest absolute Gasteiger partial charge is 0.253 e. The summed E-state index contributed by atoms with van der Waals surface area (Å²) in [4.78, 5) is 31.3. The Bertz CT molecular complexity index is 816. The monoisotopic (exact) mass is 373 g/mol. The van der Waals surface area contributed by atoms with Gasteiger partial charge >= 0.3 is 0 Å². The van der Waals surface area contributed by atoms with Crippen LogP contribution in [0.3, 0.4) is 0 Å². The van der Waals surface area contributed by atoms with Gasteiger partial charge in [0.25, 0.3) is 5.91 Å². The van der Waals surface area contributed by atoms with Crippen LogP contribution in [-0.4, -0.2) is 34.8 Å². The van der Waals surface area contributed by atoms with Crippen molar-refractivity contribution < 1.29 is 14.0 Å². The van der Waals surface area contributed by atoms with Crippen LogP contribution < -0.4 is 5.32 Å². The maximum absolute atomic E-state index is 13.0. The summed E-state index contributed by atoms with van der Waals surface area (Å²) in [6, 6.07) is 5.52. The molecule has 1 saturated heterocycles. The van der Waals surface area contributed by atoms with E-state index in [-0.39, 0.29) is 23.5 Å². The van der Waals surface area contributed by atoms with E-state index >= 15 is 0 Å². The summed E-state index contributed by atoms with van der Waals surface area (Å²) >= 11 is 1.46. The van der Waals surface area contributed by atoms with Crippen LogP contribution in [0.1, 0.15) is 47.7 Å². The van der Waals surface area contributed by atoms with Crippen molar-refractivity contribution in [3.05, 3.63) is 46.7 Å². The Morgan fingerprint density at radius 3 is 2.69 bits per heavy atom. The van der Waals surface area contributed by atoms with Crippen LogP contribution in [0.15, 0.2) is 29.6 Å². The van der Waals surface area contributed by atoms with Crippen LogP contribution in [-0.2, 0) is 4.79 Å². The molecule has 136 valence electrons. The Labute approximate surface area is 155 Å². The molecule has 2 fully saturated rings. The molecule has 1 aromatic heterocycles. The number of nitrogens with one attached hydrogen (secondary N) is 1. The number of halogens is 1. The van der Waals surface area contributed by atoms with Gasteiger partial charge in [0.15, 0.2) is 5.13 Å². The van der Waals surface area contributed by atoms with E-state index in [0.717, 1.165) is 18.5 Å². The second kappa shape index (κ2) is 7.15. The molecule has 1 unspecified atom stereocenters. The van der Waals surface area contributed by atoms with Crippen LogP contribution in [0.4, 0.5) is 9.52 Å². The first-order chi connectivity index (χ1) is 12.6. The summed E-state index contributed by atoms with van der Waals surface area (Å²) in [6.45, 7) is 0.992. The van der Waals surface area contributed by atoms with Gasteiger partial charge in [-0.1, -0.05) is 0 Å². The van der Waals surface area contributed by atoms with Gasteiger partial charge in [-0.2, -0.15) is 0 Å². The van der Waals surface area contributed by atoms with Crippen molar-refractivity contribution in [1.29, 1.82) is 0 Å². The molecule has 7 heteroatoms. The highest BCUT2D eigenvalue weighted by Gasteiger charge is 2.30. The van der Waals surface area contributed by atoms with Crippen molar-refractivity contribution in [3.63, 3.8) is 0 Å². The van der Waals surface area contributed by atoms with Crippen LogP contribution >= 0.6 is 11.3 Å². The molecule has 1 aliphatic heterocycles. The molecule has 0 spiro atoms. The lowest BCUT2D eigenvalue weighted by Crippen LogP contribution is -2.43. The topological polar surface area (TPSA) is 62.3 Å². The number of nitrogens with zero attached hydrogens (tertiary/aromatic N) is 2. The van der Waals surface area contributed by atoms with Crippen LogP contribution in [0.5, 0.6) is 0 Å². The molecule has 1 atom stereocenters. The lowest BCUT2D eigenvalue weighted by Gasteiger charge is -2.32. The predicted molar refractivity (Wildman–Crippen MR) is 97.7 cm³/mol. The number of amides is 2. The third-order valence-corrected chi connectivity index (χ3v) is 5.69. The van der Waals surface area contributed by atoms with Crippen molar-refractivity contribution in [2.75, 3.05) is 18.4 Å². The quantitative estimate of drug-likeness (QED) is 0.890. The summed E-state index contributed by atoms with van der Waals surface area (Å²) in [5, 5.41) is 5.55. The van der Waals surface area contributed by atoms with Crippen LogP contribution in [0.2, 0.25) is 0 Å². The number of carbonyl (C=O) groups excluding carboxylic acids is 2. The lowest BCUT2D eigenvalue weighted by molar-refractivity contribution is -0.121. The molecule has 0 bridgehead atoms. The van der Waals surface area contributed by atoms with Gasteiger partial charge < -0.3 is 10.2 Å². The summed E-state index contributed by atoms with van der Waals surface area (Å²) in [5.74, 6) is -0.297. The fraction of sp³-hybridized carbons (Fsp3) is 0.421. The molecule has 5 nitrogen and oxygen atoms in total. The highest BCUT2D eigenvalue weighted by atomic mass is 32.1. The normalized spacial score (nSPS) is 20.0. The number of piperidine rings is 1. The summed E-state index contributed by atoms with van der Waals surface area (Å²) in [6.07, 6.45) is 3.89. The Kier molecular flexibility index (Phi) is 4.72. The molecule has 1 aliphatic carbocycles. The van der Waals surface area contributed by atoms with E-state index in [0.29, 0.717) is 29.7 Å². The fourth-order valence-electron chi connectivity index (χ4n) is 3.27. The van der Waals surface area contributed by atoms with Crippen molar-refractivity contribution in [3.8, 4) is 0 Å². The van der Waals surface area contributed by atoms with Gasteiger partial charge in [-0.3, -0.25) is 9.59 Å². The lowest BCUT2D eigenvalue weighted by atomic mass is 9.96. The number of hydrogen-bond acceptors (Lipinski definition) is 4.